The number of halogens is 1. The first kappa shape index (κ1) is 25.1. The minimum Gasteiger partial charge on any atom is -0.462 e. The number of ether oxygens (including phenoxy) is 1. The van der Waals surface area contributed by atoms with Gasteiger partial charge in [0.1, 0.15) is 16.7 Å². The number of benzene rings is 1. The third-order valence-electron chi connectivity index (χ3n) is 2.98. The molecule has 0 unspecified atom stereocenters. The largest absolute Gasteiger partial charge is 1.00 e. The van der Waals surface area contributed by atoms with Gasteiger partial charge in [0.25, 0.3) is 0 Å². The van der Waals surface area contributed by atoms with E-state index in [9.17, 15) is 18.0 Å². The SMILES string of the molecule is CCCOC(=O)c1ccccc1OS(=O)(=O)[N-]C(=O)Nc1nc(C)cc(Cl)n1.[Na+]. The third-order valence-corrected chi connectivity index (χ3v) is 3.95. The fraction of sp³-hybridized carbons (Fsp3) is 0.250. The normalized spacial score (nSPS) is 10.4. The number of hydrogen-bond acceptors (Lipinski definition) is 8. The maximum atomic E-state index is 12.1. The summed E-state index contributed by atoms with van der Waals surface area (Å²) in [6.07, 6.45) is 0.591. The van der Waals surface area contributed by atoms with E-state index in [2.05, 4.69) is 20.0 Å². The van der Waals surface area contributed by atoms with E-state index in [0.29, 0.717) is 12.1 Å². The Kier molecular flexibility index (Phi) is 9.80. The number of esters is 1. The molecule has 0 aliphatic rings. The van der Waals surface area contributed by atoms with E-state index in [1.807, 2.05) is 6.92 Å². The molecule has 2 rings (SSSR count). The first-order valence-electron chi connectivity index (χ1n) is 7.96. The first-order chi connectivity index (χ1) is 13.2. The van der Waals surface area contributed by atoms with Gasteiger partial charge in [-0.1, -0.05) is 30.7 Å². The Morgan fingerprint density at radius 2 is 1.93 bits per heavy atom. The number of amides is 2. The molecular weight excluding hydrogens is 435 g/mol. The standard InChI is InChI=1S/C16H17ClN4O6S.Na/c1-3-8-26-14(22)11-6-4-5-7-12(11)27-28(24,25)21-16(23)20-15-18-10(2)9-13(17)19-15;/h4-7,9H,3,8H2,1-2H3,(H2,18,19,20,21,23);/q;+1/p-1. The molecule has 1 aromatic heterocycles. The second-order valence-corrected chi connectivity index (χ2v) is 6.91. The Labute approximate surface area is 194 Å². The van der Waals surface area contributed by atoms with Crippen LogP contribution in [-0.4, -0.2) is 37.0 Å². The molecule has 10 nitrogen and oxygen atoms in total. The maximum absolute atomic E-state index is 12.1. The van der Waals surface area contributed by atoms with Crippen LogP contribution in [0.4, 0.5) is 10.7 Å². The Balaban J connectivity index is 0.00000420. The van der Waals surface area contributed by atoms with E-state index in [-0.39, 0.29) is 58.6 Å². The van der Waals surface area contributed by atoms with Crippen molar-refractivity contribution < 1.29 is 56.5 Å². The number of nitrogens with one attached hydrogen (secondary N) is 1. The van der Waals surface area contributed by atoms with Crippen molar-refractivity contribution in [1.29, 1.82) is 0 Å². The molecule has 0 fully saturated rings. The quantitative estimate of drug-likeness (QED) is 0.359. The van der Waals surface area contributed by atoms with Crippen molar-refractivity contribution in [2.24, 2.45) is 0 Å². The van der Waals surface area contributed by atoms with Gasteiger partial charge >= 0.3 is 45.8 Å². The van der Waals surface area contributed by atoms with Crippen LogP contribution in [0.25, 0.3) is 4.72 Å². The van der Waals surface area contributed by atoms with E-state index < -0.39 is 22.3 Å². The minimum atomic E-state index is -4.73. The minimum absolute atomic E-state index is 0. The summed E-state index contributed by atoms with van der Waals surface area (Å²) in [5, 5.41) is 2.12. The van der Waals surface area contributed by atoms with E-state index in [1.54, 1.807) is 6.92 Å². The number of aryl methyl sites for hydroxylation is 1. The molecular formula is C16H16ClN4NaO6S. The zero-order valence-corrected chi connectivity index (χ0v) is 19.5. The maximum Gasteiger partial charge on any atom is 1.00 e. The van der Waals surface area contributed by atoms with Crippen molar-refractivity contribution in [3.8, 4) is 5.75 Å². The Bertz CT molecular complexity index is 969. The number of anilines is 1. The summed E-state index contributed by atoms with van der Waals surface area (Å²) in [7, 11) is -4.73. The predicted octanol–water partition coefficient (Wildman–Crippen LogP) is 0.239. The van der Waals surface area contributed by atoms with Crippen LogP contribution in [0.1, 0.15) is 29.4 Å². The summed E-state index contributed by atoms with van der Waals surface area (Å²) >= 11 is 5.74. The molecule has 0 spiro atoms. The van der Waals surface area contributed by atoms with Gasteiger partial charge in [0.05, 0.1) is 6.61 Å². The van der Waals surface area contributed by atoms with Crippen molar-refractivity contribution in [2.45, 2.75) is 20.3 Å². The van der Waals surface area contributed by atoms with Crippen LogP contribution in [0.3, 0.4) is 0 Å². The van der Waals surface area contributed by atoms with Gasteiger partial charge in [-0.05, 0) is 31.5 Å². The molecule has 29 heavy (non-hydrogen) atoms. The fourth-order valence-corrected chi connectivity index (χ4v) is 2.81. The Morgan fingerprint density at radius 3 is 2.59 bits per heavy atom. The molecule has 2 amide bonds. The van der Waals surface area contributed by atoms with Gasteiger partial charge in [0, 0.05) is 5.69 Å². The number of carbonyl (C=O) groups is 2. The molecule has 13 heteroatoms. The van der Waals surface area contributed by atoms with Crippen molar-refractivity contribution in [3.63, 3.8) is 0 Å². The van der Waals surface area contributed by atoms with Crippen molar-refractivity contribution >= 4 is 39.9 Å². The topological polar surface area (TPSA) is 139 Å². The van der Waals surface area contributed by atoms with Gasteiger partial charge in [-0.3, -0.25) is 9.52 Å². The summed E-state index contributed by atoms with van der Waals surface area (Å²) in [6, 6.07) is 5.66. The van der Waals surface area contributed by atoms with E-state index >= 15 is 0 Å². The molecule has 0 saturated carbocycles. The van der Waals surface area contributed by atoms with Gasteiger partial charge in [0.2, 0.25) is 0 Å². The van der Waals surface area contributed by atoms with Gasteiger partial charge in [-0.25, -0.2) is 14.8 Å². The zero-order valence-electron chi connectivity index (χ0n) is 15.9. The van der Waals surface area contributed by atoms with Gasteiger partial charge < -0.3 is 14.2 Å². The summed E-state index contributed by atoms with van der Waals surface area (Å²) < 4.78 is 36.8. The molecule has 2 aromatic rings. The van der Waals surface area contributed by atoms with Crippen LogP contribution in [0.2, 0.25) is 5.15 Å². The van der Waals surface area contributed by atoms with Gasteiger partial charge in [-0.15, -0.1) is 0 Å². The average molecular weight is 451 g/mol. The molecule has 0 aliphatic carbocycles. The van der Waals surface area contributed by atoms with Crippen LogP contribution in [-0.2, 0) is 15.0 Å². The van der Waals surface area contributed by atoms with Crippen molar-refractivity contribution in [3.05, 3.63) is 51.5 Å². The molecule has 0 saturated heterocycles. The van der Waals surface area contributed by atoms with Crippen molar-refractivity contribution in [1.82, 2.24) is 9.97 Å². The van der Waals surface area contributed by atoms with Crippen LogP contribution in [0.15, 0.2) is 30.3 Å². The summed E-state index contributed by atoms with van der Waals surface area (Å²) in [4.78, 5) is 31.4. The second kappa shape index (κ2) is 11.3. The van der Waals surface area contributed by atoms with E-state index in [0.717, 1.165) is 0 Å². The van der Waals surface area contributed by atoms with Crippen LogP contribution in [0, 0.1) is 6.92 Å². The van der Waals surface area contributed by atoms with Crippen LogP contribution >= 0.6 is 11.6 Å². The van der Waals surface area contributed by atoms with E-state index in [1.165, 1.54) is 30.3 Å². The van der Waals surface area contributed by atoms with Gasteiger partial charge in [-0.2, -0.15) is 8.42 Å². The number of aromatic nitrogens is 2. The van der Waals surface area contributed by atoms with E-state index in [4.69, 9.17) is 20.5 Å². The number of nitrogens with zero attached hydrogens (tertiary/aromatic N) is 3. The number of rotatable bonds is 7. The Morgan fingerprint density at radius 1 is 1.24 bits per heavy atom. The number of hydrogen-bond donors (Lipinski definition) is 1. The summed E-state index contributed by atoms with van der Waals surface area (Å²) in [5.74, 6) is -1.31. The monoisotopic (exact) mass is 450 g/mol. The number of carbonyl (C=O) groups excluding carboxylic acids is 2. The number of para-hydroxylation sites is 1. The van der Waals surface area contributed by atoms with Gasteiger partial charge in [0.15, 0.2) is 11.8 Å². The average Bonchev–Trinajstić information content (AvgIpc) is 2.58. The predicted molar refractivity (Wildman–Crippen MR) is 101 cm³/mol. The first-order valence-corrected chi connectivity index (χ1v) is 9.70. The summed E-state index contributed by atoms with van der Waals surface area (Å²) in [5.41, 5.74) is 0.331. The molecule has 1 N–H and O–H groups in total. The molecule has 1 heterocycles. The fourth-order valence-electron chi connectivity index (χ4n) is 1.92. The smallest absolute Gasteiger partial charge is 0.462 e. The molecule has 0 radical (unpaired) electrons. The molecule has 150 valence electrons. The number of urea groups is 1. The molecule has 0 aliphatic heterocycles. The van der Waals surface area contributed by atoms with Crippen molar-refractivity contribution in [2.75, 3.05) is 11.9 Å². The molecule has 1 aromatic carbocycles. The molecule has 0 atom stereocenters. The van der Waals surface area contributed by atoms with Crippen LogP contribution < -0.4 is 39.1 Å². The summed E-state index contributed by atoms with van der Waals surface area (Å²) in [6.45, 7) is 3.57. The van der Waals surface area contributed by atoms with Crippen LogP contribution in [0.5, 0.6) is 5.75 Å². The Hall–Kier alpha value is -1.92. The zero-order chi connectivity index (χ0) is 20.7. The molecule has 0 bridgehead atoms. The third kappa shape index (κ3) is 8.15. The second-order valence-electron chi connectivity index (χ2n) is 5.32.